The normalized spacial score (nSPS) is 12.3. The predicted octanol–water partition coefficient (Wildman–Crippen LogP) is 9.15. The third-order valence-electron chi connectivity index (χ3n) is 15.0. The van der Waals surface area contributed by atoms with Crippen LogP contribution in [0.4, 0.5) is 21.2 Å². The van der Waals surface area contributed by atoms with Crippen LogP contribution >= 0.6 is 0 Å². The van der Waals surface area contributed by atoms with Gasteiger partial charge in [0.15, 0.2) is 0 Å². The van der Waals surface area contributed by atoms with Gasteiger partial charge in [0, 0.05) is 38.8 Å². The van der Waals surface area contributed by atoms with Crippen LogP contribution in [0, 0.1) is 0 Å². The minimum Gasteiger partial charge on any atom is -0.465 e. The fraction of sp³-hybridized carbons (Fsp3) is 0.320. The number of carbonyl (C=O) groups is 10. The van der Waals surface area contributed by atoms with Gasteiger partial charge in [0.2, 0.25) is 35.4 Å². The maximum atomic E-state index is 14.3. The van der Waals surface area contributed by atoms with Crippen LogP contribution in [0.1, 0.15) is 132 Å². The average Bonchev–Trinajstić information content (AvgIpc) is 0.996. The monoisotopic (exact) mass is 1340 g/mol. The van der Waals surface area contributed by atoms with Gasteiger partial charge in [0.25, 0.3) is 0 Å². The summed E-state index contributed by atoms with van der Waals surface area (Å²) in [5, 5.41) is 22.0. The minimum atomic E-state index is -1.23. The molecule has 0 spiro atoms. The molecular formula is C75H85N9O14. The van der Waals surface area contributed by atoms with E-state index in [9.17, 15) is 47.9 Å². The van der Waals surface area contributed by atoms with Crippen LogP contribution in [0.3, 0.4) is 0 Å². The summed E-state index contributed by atoms with van der Waals surface area (Å²) in [6, 6.07) is 46.9. The highest BCUT2D eigenvalue weighted by molar-refractivity contribution is 5.99. The van der Waals surface area contributed by atoms with E-state index in [1.165, 1.54) is 32.4 Å². The molecule has 0 saturated carbocycles. The Morgan fingerprint density at radius 3 is 1.02 bits per heavy atom. The highest BCUT2D eigenvalue weighted by atomic mass is 16.6. The van der Waals surface area contributed by atoms with Crippen LogP contribution in [0.2, 0.25) is 0 Å². The predicted molar refractivity (Wildman–Crippen MR) is 368 cm³/mol. The van der Waals surface area contributed by atoms with E-state index in [1.807, 2.05) is 72.8 Å². The second-order valence-corrected chi connectivity index (χ2v) is 25.3. The van der Waals surface area contributed by atoms with Crippen molar-refractivity contribution in [1.29, 1.82) is 0 Å². The maximum absolute atomic E-state index is 14.3. The second-order valence-electron chi connectivity index (χ2n) is 25.3. The van der Waals surface area contributed by atoms with Crippen LogP contribution in [-0.4, -0.2) is 114 Å². The topological polar surface area (TPSA) is 317 Å². The summed E-state index contributed by atoms with van der Waals surface area (Å²) in [5.74, 6) is -4.57. The molecule has 0 bridgehead atoms. The molecule has 7 aromatic rings. The molecule has 1 heterocycles. The number of nitrogens with zero attached hydrogens (tertiary/aromatic N) is 1. The van der Waals surface area contributed by atoms with Gasteiger partial charge in [-0.2, -0.15) is 0 Å². The fourth-order valence-electron chi connectivity index (χ4n) is 10.0. The van der Waals surface area contributed by atoms with Gasteiger partial charge in [0.05, 0.1) is 25.3 Å². The molecule has 0 fully saturated rings. The van der Waals surface area contributed by atoms with Crippen LogP contribution in [0.5, 0.6) is 0 Å². The SMILES string of the molecule is COC(=O)c1ccc(Cc2ccc(CNC(=O)[C@H](CCC(=O)N[C@@H](Cc3ccccc3)C(=O)Nc3cccc(NC(=O)[C@H](Cc4ccccc4)NC(=O)CC[C@H](NC(=O)OC(C)(C)C)C(=O)NCc4ccc(Cc5ccc(C(=O)OC)cc5)cc4)n3)NC(=O)OC(C)(C)C)cc2)cc1. The van der Waals surface area contributed by atoms with Crippen molar-refractivity contribution in [1.82, 2.24) is 36.9 Å². The molecule has 23 nitrogen and oxygen atoms in total. The van der Waals surface area contributed by atoms with Gasteiger partial charge in [-0.25, -0.2) is 24.2 Å². The van der Waals surface area contributed by atoms with Gasteiger partial charge in [-0.05, 0) is 148 Å². The number of esters is 2. The summed E-state index contributed by atoms with van der Waals surface area (Å²) < 4.78 is 20.5. The van der Waals surface area contributed by atoms with E-state index in [-0.39, 0.29) is 63.3 Å². The molecule has 4 atom stereocenters. The summed E-state index contributed by atoms with van der Waals surface area (Å²) in [4.78, 5) is 138. The summed E-state index contributed by atoms with van der Waals surface area (Å²) in [7, 11) is 2.65. The lowest BCUT2D eigenvalue weighted by molar-refractivity contribution is -0.127. The van der Waals surface area contributed by atoms with Gasteiger partial charge in [0.1, 0.15) is 47.0 Å². The molecule has 0 aliphatic carbocycles. The summed E-state index contributed by atoms with van der Waals surface area (Å²) >= 11 is 0. The van der Waals surface area contributed by atoms with E-state index in [0.717, 1.165) is 33.4 Å². The molecule has 6 aromatic carbocycles. The Morgan fingerprint density at radius 1 is 0.367 bits per heavy atom. The van der Waals surface area contributed by atoms with Crippen molar-refractivity contribution >= 4 is 71.2 Å². The molecule has 8 amide bonds. The molecule has 0 aliphatic heterocycles. The molecule has 0 aliphatic rings. The number of pyridine rings is 1. The number of methoxy groups -OCH3 is 2. The van der Waals surface area contributed by atoms with Crippen molar-refractivity contribution < 1.29 is 66.9 Å². The Morgan fingerprint density at radius 2 is 0.694 bits per heavy atom. The molecular weight excluding hydrogens is 1250 g/mol. The third kappa shape index (κ3) is 25.5. The van der Waals surface area contributed by atoms with Crippen molar-refractivity contribution in [3.05, 3.63) is 232 Å². The summed E-state index contributed by atoms with van der Waals surface area (Å²) in [5.41, 5.74) is 5.96. The van der Waals surface area contributed by atoms with E-state index in [2.05, 4.69) is 47.5 Å². The first kappa shape index (κ1) is 74.2. The molecule has 98 heavy (non-hydrogen) atoms. The molecule has 0 saturated heterocycles. The van der Waals surface area contributed by atoms with Gasteiger partial charge in [-0.1, -0.05) is 140 Å². The van der Waals surface area contributed by atoms with Crippen LogP contribution in [0.15, 0.2) is 176 Å². The summed E-state index contributed by atoms with van der Waals surface area (Å²) in [6.45, 7) is 10.2. The van der Waals surface area contributed by atoms with Crippen molar-refractivity contribution in [2.45, 2.75) is 141 Å². The Hall–Kier alpha value is -11.2. The van der Waals surface area contributed by atoms with Gasteiger partial charge in [-0.3, -0.25) is 28.8 Å². The number of hydrogen-bond acceptors (Lipinski definition) is 15. The molecule has 8 N–H and O–H groups in total. The Kier molecular flexibility index (Phi) is 27.3. The lowest BCUT2D eigenvalue weighted by atomic mass is 10.0. The quantitative estimate of drug-likeness (QED) is 0.0154. The highest BCUT2D eigenvalue weighted by Gasteiger charge is 2.30. The van der Waals surface area contributed by atoms with Gasteiger partial charge in [-0.15, -0.1) is 0 Å². The first-order chi connectivity index (χ1) is 46.8. The number of nitrogens with one attached hydrogen (secondary N) is 8. The molecule has 0 radical (unpaired) electrons. The fourth-order valence-corrected chi connectivity index (χ4v) is 10.0. The Balaban J connectivity index is 0.971. The van der Waals surface area contributed by atoms with Gasteiger partial charge < -0.3 is 61.5 Å². The average molecular weight is 1340 g/mol. The third-order valence-corrected chi connectivity index (χ3v) is 15.0. The number of anilines is 2. The van der Waals surface area contributed by atoms with Crippen molar-refractivity contribution in [2.24, 2.45) is 0 Å². The lowest BCUT2D eigenvalue weighted by Gasteiger charge is -2.24. The molecule has 23 heteroatoms. The van der Waals surface area contributed by atoms with Crippen molar-refractivity contribution in [3.63, 3.8) is 0 Å². The van der Waals surface area contributed by atoms with E-state index in [4.69, 9.17) is 18.9 Å². The second kappa shape index (κ2) is 36.0. The van der Waals surface area contributed by atoms with Crippen LogP contribution in [-0.2, 0) is 86.5 Å². The zero-order valence-corrected chi connectivity index (χ0v) is 56.3. The van der Waals surface area contributed by atoms with Gasteiger partial charge >= 0.3 is 24.1 Å². The first-order valence-corrected chi connectivity index (χ1v) is 32.1. The van der Waals surface area contributed by atoms with Crippen LogP contribution in [0.25, 0.3) is 0 Å². The standard InChI is InChI=1S/C75H85N9O14/c1-74(2,3)97-72(93)80-58(66(87)76-46-54-26-22-50(23-27-54)42-52-30-34-56(35-31-52)70(91)95-7)38-40-64(85)78-60(44-48-16-11-9-12-17-48)68(89)83-62-20-15-21-63(82-62)84-69(90)61(45-49-18-13-10-14-19-49)79-65(86)41-39-59(81-73(94)98-75(4,5)6)67(88)77-47-55-28-24-51(25-29-55)43-53-32-36-57(37-33-53)71(92)96-8/h9-37,58-61H,38-47H2,1-8H3,(H,76,87)(H,77,88)(H,78,85)(H,79,86)(H,80,93)(H,81,94)(H2,82,83,84,89,90)/t58-,59-,60-,61-/m0/s1. The Labute approximate surface area is 570 Å². The molecule has 0 unspecified atom stereocenters. The zero-order chi connectivity index (χ0) is 70.8. The van der Waals surface area contributed by atoms with Crippen molar-refractivity contribution in [3.8, 4) is 0 Å². The van der Waals surface area contributed by atoms with E-state index in [0.29, 0.717) is 35.1 Å². The zero-order valence-electron chi connectivity index (χ0n) is 56.3. The number of alkyl carbamates (subject to hydrolysis) is 2. The largest absolute Gasteiger partial charge is 0.465 e. The first-order valence-electron chi connectivity index (χ1n) is 32.1. The molecule has 1 aromatic heterocycles. The number of amides is 8. The summed E-state index contributed by atoms with van der Waals surface area (Å²) in [6.07, 6.45) is -1.47. The number of hydrogen-bond donors (Lipinski definition) is 8. The lowest BCUT2D eigenvalue weighted by Crippen LogP contribution is -2.49. The maximum Gasteiger partial charge on any atom is 0.408 e. The smallest absolute Gasteiger partial charge is 0.408 e. The van der Waals surface area contributed by atoms with E-state index < -0.39 is 94.9 Å². The molecule has 514 valence electrons. The number of aromatic nitrogens is 1. The van der Waals surface area contributed by atoms with Crippen LogP contribution < -0.4 is 42.5 Å². The number of benzene rings is 6. The number of rotatable bonds is 30. The minimum absolute atomic E-state index is 0.00286. The number of carbonyl (C=O) groups excluding carboxylic acids is 10. The van der Waals surface area contributed by atoms with E-state index in [1.54, 1.807) is 126 Å². The highest BCUT2D eigenvalue weighted by Crippen LogP contribution is 2.19. The Bertz CT molecular complexity index is 3610. The van der Waals surface area contributed by atoms with E-state index >= 15 is 0 Å². The number of ether oxygens (including phenoxy) is 4. The van der Waals surface area contributed by atoms with Crippen molar-refractivity contribution in [2.75, 3.05) is 24.9 Å². The molecule has 7 rings (SSSR count).